The molecule has 2 nitrogen and oxygen atoms in total. The molecule has 3 N–H and O–H groups in total. The van der Waals surface area contributed by atoms with Crippen LogP contribution in [-0.4, -0.2) is 18.6 Å². The maximum atomic E-state index is 5.60. The van der Waals surface area contributed by atoms with Gasteiger partial charge in [0.15, 0.2) is 0 Å². The molecular weight excluding hydrogens is 100 g/mol. The SMILES string of the molecule is [CH]CNCC(C)(C)N. The third-order valence-corrected chi connectivity index (χ3v) is 0.725. The molecule has 0 unspecified atom stereocenters. The molecule has 0 rings (SSSR count). The molecule has 0 bridgehead atoms. The van der Waals surface area contributed by atoms with E-state index in [1.807, 2.05) is 13.8 Å². The van der Waals surface area contributed by atoms with E-state index in [4.69, 9.17) is 12.7 Å². The van der Waals surface area contributed by atoms with Gasteiger partial charge in [-0.25, -0.2) is 0 Å². The Morgan fingerprint density at radius 1 is 1.62 bits per heavy atom. The molecule has 0 aromatic heterocycles. The van der Waals surface area contributed by atoms with Crippen molar-refractivity contribution in [2.45, 2.75) is 19.4 Å². The van der Waals surface area contributed by atoms with Crippen molar-refractivity contribution < 1.29 is 0 Å². The van der Waals surface area contributed by atoms with E-state index in [1.165, 1.54) is 0 Å². The van der Waals surface area contributed by atoms with E-state index in [9.17, 15) is 0 Å². The summed E-state index contributed by atoms with van der Waals surface area (Å²) in [6.07, 6.45) is 0. The Hall–Kier alpha value is -0.0800. The van der Waals surface area contributed by atoms with Gasteiger partial charge in [-0.05, 0) is 27.3 Å². The highest BCUT2D eigenvalue weighted by molar-refractivity contribution is 4.74. The van der Waals surface area contributed by atoms with Gasteiger partial charge in [0.1, 0.15) is 0 Å². The molecule has 48 valence electrons. The molecule has 2 heteroatoms. The average molecular weight is 114 g/mol. The Balaban J connectivity index is 3.11. The molecule has 0 saturated heterocycles. The smallest absolute Gasteiger partial charge is 0.0223 e. The minimum absolute atomic E-state index is 0.140. The highest BCUT2D eigenvalue weighted by Gasteiger charge is 2.07. The molecule has 0 aliphatic heterocycles. The van der Waals surface area contributed by atoms with Crippen LogP contribution in [0.15, 0.2) is 0 Å². The first-order chi connectivity index (χ1) is 3.56. The lowest BCUT2D eigenvalue weighted by atomic mass is 10.1. The lowest BCUT2D eigenvalue weighted by Gasteiger charge is -2.17. The quantitative estimate of drug-likeness (QED) is 0.543. The summed E-state index contributed by atoms with van der Waals surface area (Å²) in [6, 6.07) is 0. The van der Waals surface area contributed by atoms with Crippen molar-refractivity contribution in [3.05, 3.63) is 6.92 Å². The number of nitrogens with two attached hydrogens (primary N) is 1. The molecule has 8 heavy (non-hydrogen) atoms. The first kappa shape index (κ1) is 7.92. The Labute approximate surface area is 51.5 Å². The van der Waals surface area contributed by atoms with Gasteiger partial charge in [0.05, 0.1) is 0 Å². The maximum Gasteiger partial charge on any atom is 0.0223 e. The van der Waals surface area contributed by atoms with E-state index in [0.717, 1.165) is 6.54 Å². The topological polar surface area (TPSA) is 38.0 Å². The van der Waals surface area contributed by atoms with Gasteiger partial charge in [-0.2, -0.15) is 0 Å². The van der Waals surface area contributed by atoms with Crippen molar-refractivity contribution >= 4 is 0 Å². The maximum absolute atomic E-state index is 5.60. The number of rotatable bonds is 3. The summed E-state index contributed by atoms with van der Waals surface area (Å²) in [4.78, 5) is 0. The van der Waals surface area contributed by atoms with Crippen LogP contribution in [-0.2, 0) is 0 Å². The minimum Gasteiger partial charge on any atom is -0.324 e. The monoisotopic (exact) mass is 114 g/mol. The first-order valence-electron chi connectivity index (χ1n) is 2.76. The lowest BCUT2D eigenvalue weighted by Crippen LogP contribution is -2.42. The molecule has 2 radical (unpaired) electrons. The average Bonchev–Trinajstić information content (AvgIpc) is 1.59. The standard InChI is InChI=1S/C6H14N2/c1-4-8-5-6(2,3)7/h1,8H,4-5,7H2,2-3H3. The van der Waals surface area contributed by atoms with Gasteiger partial charge in [-0.1, -0.05) is 0 Å². The zero-order valence-electron chi connectivity index (χ0n) is 5.57. The van der Waals surface area contributed by atoms with Crippen LogP contribution in [0.2, 0.25) is 0 Å². The molecule has 0 heterocycles. The Morgan fingerprint density at radius 3 is 2.25 bits per heavy atom. The van der Waals surface area contributed by atoms with Crippen LogP contribution in [0.25, 0.3) is 0 Å². The molecule has 0 aliphatic rings. The highest BCUT2D eigenvalue weighted by Crippen LogP contribution is 1.90. The number of hydrogen-bond donors (Lipinski definition) is 2. The molecule has 0 amide bonds. The van der Waals surface area contributed by atoms with Gasteiger partial charge >= 0.3 is 0 Å². The minimum atomic E-state index is -0.140. The summed E-state index contributed by atoms with van der Waals surface area (Å²) < 4.78 is 0. The van der Waals surface area contributed by atoms with Gasteiger partial charge < -0.3 is 11.1 Å². The predicted octanol–water partition coefficient (Wildman–Crippen LogP) is 0.0244. The van der Waals surface area contributed by atoms with Crippen LogP contribution >= 0.6 is 0 Å². The molecule has 0 atom stereocenters. The Kier molecular flexibility index (Phi) is 3.02. The molecule has 0 aromatic carbocycles. The van der Waals surface area contributed by atoms with Crippen molar-refractivity contribution in [1.82, 2.24) is 5.32 Å². The molecule has 0 saturated carbocycles. The van der Waals surface area contributed by atoms with Crippen LogP contribution in [0.5, 0.6) is 0 Å². The Morgan fingerprint density at radius 2 is 2.12 bits per heavy atom. The van der Waals surface area contributed by atoms with Gasteiger partial charge in [-0.3, -0.25) is 0 Å². The van der Waals surface area contributed by atoms with E-state index in [1.54, 1.807) is 0 Å². The third-order valence-electron chi connectivity index (χ3n) is 0.725. The fourth-order valence-corrected chi connectivity index (χ4v) is 0.394. The fraction of sp³-hybridized carbons (Fsp3) is 0.833. The van der Waals surface area contributed by atoms with Crippen LogP contribution in [0.4, 0.5) is 0 Å². The van der Waals surface area contributed by atoms with Crippen LogP contribution in [0, 0.1) is 6.92 Å². The van der Waals surface area contributed by atoms with Crippen molar-refractivity contribution in [3.8, 4) is 0 Å². The summed E-state index contributed by atoms with van der Waals surface area (Å²) in [5.41, 5.74) is 5.46. The molecule has 0 spiro atoms. The van der Waals surface area contributed by atoms with Gasteiger partial charge in [-0.15, -0.1) is 0 Å². The zero-order valence-corrected chi connectivity index (χ0v) is 5.57. The Bertz CT molecular complexity index is 54.0. The largest absolute Gasteiger partial charge is 0.324 e. The normalized spacial score (nSPS) is 12.0. The summed E-state index contributed by atoms with van der Waals surface area (Å²) in [7, 11) is 0. The van der Waals surface area contributed by atoms with Crippen molar-refractivity contribution in [2.24, 2.45) is 5.73 Å². The van der Waals surface area contributed by atoms with E-state index in [2.05, 4.69) is 5.32 Å². The first-order valence-corrected chi connectivity index (χ1v) is 2.76. The van der Waals surface area contributed by atoms with Crippen molar-refractivity contribution in [2.75, 3.05) is 13.1 Å². The molecular formula is C6H14N2. The lowest BCUT2D eigenvalue weighted by molar-refractivity contribution is 0.480. The van der Waals surface area contributed by atoms with Gasteiger partial charge in [0.25, 0.3) is 0 Å². The summed E-state index contributed by atoms with van der Waals surface area (Å²) >= 11 is 0. The molecule has 0 aliphatic carbocycles. The summed E-state index contributed by atoms with van der Waals surface area (Å²) in [5, 5.41) is 2.94. The van der Waals surface area contributed by atoms with E-state index >= 15 is 0 Å². The summed E-state index contributed by atoms with van der Waals surface area (Å²) in [5.74, 6) is 0. The number of hydrogen-bond acceptors (Lipinski definition) is 2. The van der Waals surface area contributed by atoms with E-state index < -0.39 is 0 Å². The third kappa shape index (κ3) is 5.92. The molecule has 0 fully saturated rings. The van der Waals surface area contributed by atoms with Gasteiger partial charge in [0, 0.05) is 12.1 Å². The van der Waals surface area contributed by atoms with Crippen LogP contribution in [0.3, 0.4) is 0 Å². The van der Waals surface area contributed by atoms with E-state index in [0.29, 0.717) is 6.54 Å². The van der Waals surface area contributed by atoms with Crippen LogP contribution < -0.4 is 11.1 Å². The predicted molar refractivity (Wildman–Crippen MR) is 35.4 cm³/mol. The highest BCUT2D eigenvalue weighted by atomic mass is 14.9. The van der Waals surface area contributed by atoms with Crippen LogP contribution in [0.1, 0.15) is 13.8 Å². The number of nitrogens with one attached hydrogen (secondary N) is 1. The second-order valence-electron chi connectivity index (χ2n) is 2.62. The van der Waals surface area contributed by atoms with Gasteiger partial charge in [0.2, 0.25) is 0 Å². The molecule has 0 aromatic rings. The summed E-state index contributed by atoms with van der Waals surface area (Å²) in [6.45, 7) is 10.3. The zero-order chi connectivity index (χ0) is 6.62. The van der Waals surface area contributed by atoms with E-state index in [-0.39, 0.29) is 5.54 Å². The van der Waals surface area contributed by atoms with Crippen molar-refractivity contribution in [1.29, 1.82) is 0 Å². The second-order valence-corrected chi connectivity index (χ2v) is 2.62. The van der Waals surface area contributed by atoms with Crippen molar-refractivity contribution in [3.63, 3.8) is 0 Å². The second kappa shape index (κ2) is 3.05. The fourth-order valence-electron chi connectivity index (χ4n) is 0.394.